The molecule has 0 saturated carbocycles. The van der Waals surface area contributed by atoms with Crippen LogP contribution in [0.4, 0.5) is 10.1 Å². The summed E-state index contributed by atoms with van der Waals surface area (Å²) in [6.07, 6.45) is 0.714. The minimum absolute atomic E-state index is 0.0108. The number of hydrogen-bond donors (Lipinski definition) is 1. The molecular formula is C26H37FN4O4S. The highest BCUT2D eigenvalue weighted by Crippen LogP contribution is 2.26. The minimum atomic E-state index is -4.04. The number of carbonyl (C=O) groups excluding carboxylic acids is 2. The average Bonchev–Trinajstić information content (AvgIpc) is 2.82. The molecule has 1 N–H and O–H groups in total. The van der Waals surface area contributed by atoms with Gasteiger partial charge in [0.15, 0.2) is 0 Å². The van der Waals surface area contributed by atoms with Gasteiger partial charge in [-0.25, -0.2) is 8.70 Å². The van der Waals surface area contributed by atoms with Gasteiger partial charge in [0.1, 0.15) is 18.4 Å². The van der Waals surface area contributed by atoms with Crippen LogP contribution in [0.5, 0.6) is 0 Å². The van der Waals surface area contributed by atoms with E-state index in [1.807, 2.05) is 26.8 Å². The van der Waals surface area contributed by atoms with Crippen molar-refractivity contribution in [2.45, 2.75) is 59.7 Å². The number of rotatable bonds is 11. The standard InChI is InChI=1S/C26H37FN4O4S/c1-8-20(4)28-26(33)21(5)30(16-22-11-13-23(27)14-12-22)25(32)17-31(36(34,35)29(6)7)24-15-18(2)9-10-19(24)3/h9-15,20-21H,8,16-17H2,1-7H3,(H,28,33)/t20-,21+/m0/s1. The second-order valence-corrected chi connectivity index (χ2v) is 11.3. The molecule has 36 heavy (non-hydrogen) atoms. The van der Waals surface area contributed by atoms with Crippen LogP contribution in [-0.2, 0) is 26.3 Å². The molecule has 2 aromatic rings. The molecule has 0 aliphatic rings. The van der Waals surface area contributed by atoms with E-state index in [1.165, 1.54) is 43.3 Å². The van der Waals surface area contributed by atoms with Crippen LogP contribution in [0.3, 0.4) is 0 Å². The van der Waals surface area contributed by atoms with Gasteiger partial charge < -0.3 is 10.2 Å². The quantitative estimate of drug-likeness (QED) is 0.492. The second-order valence-electron chi connectivity index (χ2n) is 9.23. The summed E-state index contributed by atoms with van der Waals surface area (Å²) in [7, 11) is -1.24. The lowest BCUT2D eigenvalue weighted by atomic mass is 10.1. The van der Waals surface area contributed by atoms with E-state index in [9.17, 15) is 22.4 Å². The summed E-state index contributed by atoms with van der Waals surface area (Å²) in [4.78, 5) is 28.0. The summed E-state index contributed by atoms with van der Waals surface area (Å²) in [5.41, 5.74) is 2.52. The summed E-state index contributed by atoms with van der Waals surface area (Å²) in [5, 5.41) is 2.88. The maximum absolute atomic E-state index is 13.7. The largest absolute Gasteiger partial charge is 0.352 e. The Morgan fingerprint density at radius 2 is 1.64 bits per heavy atom. The molecule has 2 atom stereocenters. The predicted molar refractivity (Wildman–Crippen MR) is 140 cm³/mol. The fourth-order valence-corrected chi connectivity index (χ4v) is 4.64. The van der Waals surface area contributed by atoms with E-state index in [4.69, 9.17) is 0 Å². The highest BCUT2D eigenvalue weighted by atomic mass is 32.2. The Balaban J connectivity index is 2.49. The molecular weight excluding hydrogens is 483 g/mol. The first-order valence-electron chi connectivity index (χ1n) is 11.9. The minimum Gasteiger partial charge on any atom is -0.352 e. The van der Waals surface area contributed by atoms with Gasteiger partial charge in [0, 0.05) is 26.7 Å². The third-order valence-electron chi connectivity index (χ3n) is 6.09. The van der Waals surface area contributed by atoms with E-state index < -0.39 is 34.5 Å². The number of amides is 2. The molecule has 0 aromatic heterocycles. The van der Waals surface area contributed by atoms with E-state index in [1.54, 1.807) is 26.0 Å². The van der Waals surface area contributed by atoms with E-state index in [-0.39, 0.29) is 18.5 Å². The molecule has 0 heterocycles. The van der Waals surface area contributed by atoms with Crippen LogP contribution in [-0.4, -0.2) is 62.2 Å². The molecule has 0 aliphatic carbocycles. The van der Waals surface area contributed by atoms with E-state index in [2.05, 4.69) is 5.32 Å². The van der Waals surface area contributed by atoms with Gasteiger partial charge in [0.05, 0.1) is 5.69 Å². The summed E-state index contributed by atoms with van der Waals surface area (Å²) >= 11 is 0. The first-order chi connectivity index (χ1) is 16.8. The summed E-state index contributed by atoms with van der Waals surface area (Å²) in [6.45, 7) is 8.52. The Morgan fingerprint density at radius 1 is 1.03 bits per heavy atom. The van der Waals surface area contributed by atoms with Crippen molar-refractivity contribution in [3.8, 4) is 0 Å². The Kier molecular flexibility index (Phi) is 10.0. The number of benzene rings is 2. The zero-order valence-electron chi connectivity index (χ0n) is 22.1. The van der Waals surface area contributed by atoms with Crippen molar-refractivity contribution < 1.29 is 22.4 Å². The monoisotopic (exact) mass is 520 g/mol. The van der Waals surface area contributed by atoms with Gasteiger partial charge in [0.2, 0.25) is 11.8 Å². The van der Waals surface area contributed by atoms with Gasteiger partial charge in [0.25, 0.3) is 0 Å². The molecule has 0 saturated heterocycles. The Bertz CT molecular complexity index is 1170. The van der Waals surface area contributed by atoms with Crippen molar-refractivity contribution >= 4 is 27.7 Å². The van der Waals surface area contributed by atoms with Crippen molar-refractivity contribution in [3.05, 3.63) is 65.0 Å². The summed E-state index contributed by atoms with van der Waals surface area (Å²) < 4.78 is 42.2. The molecule has 198 valence electrons. The Hall–Kier alpha value is -2.98. The van der Waals surface area contributed by atoms with Crippen LogP contribution in [0.25, 0.3) is 0 Å². The number of anilines is 1. The molecule has 0 radical (unpaired) electrons. The highest BCUT2D eigenvalue weighted by molar-refractivity contribution is 7.90. The summed E-state index contributed by atoms with van der Waals surface area (Å²) in [6, 6.07) is 10.0. The van der Waals surface area contributed by atoms with Crippen LogP contribution in [0.2, 0.25) is 0 Å². The van der Waals surface area contributed by atoms with E-state index in [0.717, 1.165) is 14.2 Å². The van der Waals surface area contributed by atoms with Crippen molar-refractivity contribution in [1.82, 2.24) is 14.5 Å². The van der Waals surface area contributed by atoms with Crippen LogP contribution in [0.1, 0.15) is 43.9 Å². The fraction of sp³-hybridized carbons (Fsp3) is 0.462. The number of nitrogens with one attached hydrogen (secondary N) is 1. The van der Waals surface area contributed by atoms with Crippen molar-refractivity contribution in [3.63, 3.8) is 0 Å². The Morgan fingerprint density at radius 3 is 2.19 bits per heavy atom. The van der Waals surface area contributed by atoms with Gasteiger partial charge in [-0.15, -0.1) is 0 Å². The summed E-state index contributed by atoms with van der Waals surface area (Å²) in [5.74, 6) is -1.33. The topological polar surface area (TPSA) is 90.0 Å². The molecule has 0 unspecified atom stereocenters. The molecule has 0 fully saturated rings. The normalized spacial score (nSPS) is 13.2. The molecule has 0 bridgehead atoms. The third kappa shape index (κ3) is 7.27. The molecule has 2 rings (SSSR count). The molecule has 2 amide bonds. The lowest BCUT2D eigenvalue weighted by Crippen LogP contribution is -2.53. The van der Waals surface area contributed by atoms with Gasteiger partial charge >= 0.3 is 10.2 Å². The first-order valence-corrected chi connectivity index (χ1v) is 13.3. The maximum Gasteiger partial charge on any atom is 0.304 e. The van der Waals surface area contributed by atoms with Crippen molar-refractivity contribution in [1.29, 1.82) is 0 Å². The zero-order chi connectivity index (χ0) is 27.2. The number of halogens is 1. The number of carbonyl (C=O) groups is 2. The van der Waals surface area contributed by atoms with Crippen LogP contribution in [0, 0.1) is 19.7 Å². The van der Waals surface area contributed by atoms with Gasteiger partial charge in [-0.1, -0.05) is 31.2 Å². The SMILES string of the molecule is CC[C@H](C)NC(=O)[C@@H](C)N(Cc1ccc(F)cc1)C(=O)CN(c1cc(C)ccc1C)S(=O)(=O)N(C)C. The van der Waals surface area contributed by atoms with E-state index in [0.29, 0.717) is 23.2 Å². The molecule has 0 aliphatic heterocycles. The average molecular weight is 521 g/mol. The highest BCUT2D eigenvalue weighted by Gasteiger charge is 2.33. The third-order valence-corrected chi connectivity index (χ3v) is 7.89. The number of hydrogen-bond acceptors (Lipinski definition) is 4. The molecule has 8 nitrogen and oxygen atoms in total. The predicted octanol–water partition coefficient (Wildman–Crippen LogP) is 3.39. The van der Waals surface area contributed by atoms with Crippen molar-refractivity contribution in [2.24, 2.45) is 0 Å². The van der Waals surface area contributed by atoms with Crippen LogP contribution in [0.15, 0.2) is 42.5 Å². The lowest BCUT2D eigenvalue weighted by molar-refractivity contribution is -0.139. The first kappa shape index (κ1) is 29.3. The molecule has 10 heteroatoms. The zero-order valence-corrected chi connectivity index (χ0v) is 22.9. The second kappa shape index (κ2) is 12.3. The Labute approximate surface area is 214 Å². The van der Waals surface area contributed by atoms with Gasteiger partial charge in [-0.2, -0.15) is 12.7 Å². The smallest absolute Gasteiger partial charge is 0.304 e. The van der Waals surface area contributed by atoms with Gasteiger partial charge in [-0.05, 0) is 69.0 Å². The molecule has 0 spiro atoms. The number of nitrogens with zero attached hydrogens (tertiary/aromatic N) is 3. The fourth-order valence-electron chi connectivity index (χ4n) is 3.52. The van der Waals surface area contributed by atoms with Crippen LogP contribution < -0.4 is 9.62 Å². The molecule has 2 aromatic carbocycles. The van der Waals surface area contributed by atoms with Crippen molar-refractivity contribution in [2.75, 3.05) is 24.9 Å². The van der Waals surface area contributed by atoms with Crippen LogP contribution >= 0.6 is 0 Å². The number of aryl methyl sites for hydroxylation is 2. The lowest BCUT2D eigenvalue weighted by Gasteiger charge is -2.33. The van der Waals surface area contributed by atoms with Gasteiger partial charge in [-0.3, -0.25) is 9.59 Å². The maximum atomic E-state index is 13.7. The van der Waals surface area contributed by atoms with E-state index >= 15 is 0 Å².